The minimum atomic E-state index is -0.969. The summed E-state index contributed by atoms with van der Waals surface area (Å²) in [4.78, 5) is 27.8. The summed E-state index contributed by atoms with van der Waals surface area (Å²) in [6, 6.07) is 0. The number of nitrogens with zero attached hydrogens (tertiary/aromatic N) is 2. The molecule has 27 heavy (non-hydrogen) atoms. The Morgan fingerprint density at radius 2 is 1.56 bits per heavy atom. The van der Waals surface area contributed by atoms with E-state index in [0.29, 0.717) is 17.7 Å². The minimum Gasteiger partial charge on any atom is -0.428 e. The third-order valence-corrected chi connectivity index (χ3v) is 3.89. The molecule has 0 amide bonds. The van der Waals surface area contributed by atoms with E-state index < -0.39 is 22.1 Å². The second-order valence-electron chi connectivity index (χ2n) is 9.78. The van der Waals surface area contributed by atoms with Crippen LogP contribution in [0.1, 0.15) is 78.8 Å². The zero-order valence-electron chi connectivity index (χ0n) is 18.1. The molecule has 0 bridgehead atoms. The minimum absolute atomic E-state index is 0.0429. The zero-order valence-corrected chi connectivity index (χ0v) is 18.1. The molecule has 1 aromatic heterocycles. The molecule has 0 spiro atoms. The van der Waals surface area contributed by atoms with E-state index in [4.69, 9.17) is 9.47 Å². The molecule has 0 saturated carbocycles. The molecule has 1 rings (SSSR count). The number of pyridine rings is 1. The maximum Gasteiger partial charge on any atom is 0.514 e. The van der Waals surface area contributed by atoms with Gasteiger partial charge in [0.1, 0.15) is 11.3 Å². The van der Waals surface area contributed by atoms with Gasteiger partial charge in [0.25, 0.3) is 0 Å². The lowest BCUT2D eigenvalue weighted by Crippen LogP contribution is -2.30. The van der Waals surface area contributed by atoms with Crippen LogP contribution in [0.15, 0.2) is 0 Å². The van der Waals surface area contributed by atoms with Crippen molar-refractivity contribution in [1.82, 2.24) is 4.98 Å². The Morgan fingerprint density at radius 1 is 1.04 bits per heavy atom. The fourth-order valence-electron chi connectivity index (χ4n) is 3.69. The van der Waals surface area contributed by atoms with Crippen LogP contribution in [0.4, 0.5) is 10.5 Å². The molecule has 7 heteroatoms. The Labute approximate surface area is 161 Å². The van der Waals surface area contributed by atoms with Gasteiger partial charge in [-0.1, -0.05) is 34.6 Å². The van der Waals surface area contributed by atoms with E-state index in [1.54, 1.807) is 27.7 Å². The lowest BCUT2D eigenvalue weighted by atomic mass is 9.71. The molecule has 0 N–H and O–H groups in total. The van der Waals surface area contributed by atoms with E-state index >= 15 is 0 Å². The fraction of sp³-hybridized carbons (Fsp3) is 0.700. The molecule has 152 valence electrons. The predicted octanol–water partition coefficient (Wildman–Crippen LogP) is 5.63. The average molecular weight is 380 g/mol. The summed E-state index contributed by atoms with van der Waals surface area (Å²) in [5.74, 6) is -0.0755. The van der Waals surface area contributed by atoms with Crippen molar-refractivity contribution in [3.05, 3.63) is 27.1 Å². The van der Waals surface area contributed by atoms with Crippen molar-refractivity contribution in [3.63, 3.8) is 0 Å². The summed E-state index contributed by atoms with van der Waals surface area (Å²) in [7, 11) is 0. The summed E-state index contributed by atoms with van der Waals surface area (Å²) < 4.78 is 10.7. The number of hydrogen-bond donors (Lipinski definition) is 0. The van der Waals surface area contributed by atoms with E-state index in [9.17, 15) is 14.9 Å². The summed E-state index contributed by atoms with van der Waals surface area (Å²) >= 11 is 0. The van der Waals surface area contributed by atoms with Crippen molar-refractivity contribution < 1.29 is 19.2 Å². The van der Waals surface area contributed by atoms with Crippen LogP contribution in [0.3, 0.4) is 0 Å². The van der Waals surface area contributed by atoms with Gasteiger partial charge in [-0.2, -0.15) is 0 Å². The standard InChI is InChI=1S/C20H32N2O5/c1-12-14(20(9,10)11-18(3,4)5)16(15(22(24)25)13(2)21-12)26-17(23)27-19(6,7)8/h11H2,1-10H3. The lowest BCUT2D eigenvalue weighted by molar-refractivity contribution is -0.386. The summed E-state index contributed by atoms with van der Waals surface area (Å²) in [5, 5.41) is 11.7. The Morgan fingerprint density at radius 3 is 1.96 bits per heavy atom. The first kappa shape index (κ1) is 22.9. The van der Waals surface area contributed by atoms with Gasteiger partial charge in [0, 0.05) is 11.3 Å². The number of ether oxygens (including phenoxy) is 2. The van der Waals surface area contributed by atoms with Gasteiger partial charge in [-0.15, -0.1) is 0 Å². The topological polar surface area (TPSA) is 91.6 Å². The summed E-state index contributed by atoms with van der Waals surface area (Å²) in [5.41, 5.74) is -0.269. The Hall–Kier alpha value is -2.18. The van der Waals surface area contributed by atoms with Gasteiger partial charge in [-0.25, -0.2) is 4.79 Å². The van der Waals surface area contributed by atoms with Crippen molar-refractivity contribution in [3.8, 4) is 5.75 Å². The van der Waals surface area contributed by atoms with Gasteiger partial charge < -0.3 is 9.47 Å². The van der Waals surface area contributed by atoms with Gasteiger partial charge in [-0.3, -0.25) is 15.1 Å². The van der Waals surface area contributed by atoms with Crippen LogP contribution in [0.25, 0.3) is 0 Å². The van der Waals surface area contributed by atoms with E-state index in [1.165, 1.54) is 6.92 Å². The maximum atomic E-state index is 12.3. The van der Waals surface area contributed by atoms with Crippen molar-refractivity contribution in [2.75, 3.05) is 0 Å². The van der Waals surface area contributed by atoms with Gasteiger partial charge in [0.15, 0.2) is 0 Å². The van der Waals surface area contributed by atoms with Crippen LogP contribution in [-0.4, -0.2) is 21.7 Å². The summed E-state index contributed by atoms with van der Waals surface area (Å²) in [6.45, 7) is 18.7. The van der Waals surface area contributed by atoms with Crippen molar-refractivity contribution in [2.45, 2.75) is 86.7 Å². The highest BCUT2D eigenvalue weighted by Crippen LogP contribution is 2.46. The highest BCUT2D eigenvalue weighted by atomic mass is 16.7. The van der Waals surface area contributed by atoms with Gasteiger partial charge >= 0.3 is 11.8 Å². The molecule has 0 aliphatic carbocycles. The Balaban J connectivity index is 3.65. The number of carbonyl (C=O) groups is 1. The molecule has 7 nitrogen and oxygen atoms in total. The van der Waals surface area contributed by atoms with Gasteiger partial charge in [0.2, 0.25) is 5.75 Å². The molecular weight excluding hydrogens is 348 g/mol. The fourth-order valence-corrected chi connectivity index (χ4v) is 3.69. The second kappa shape index (κ2) is 7.44. The zero-order chi connectivity index (χ0) is 21.4. The molecule has 0 radical (unpaired) electrons. The quantitative estimate of drug-likeness (QED) is 0.381. The molecule has 0 aliphatic rings. The largest absolute Gasteiger partial charge is 0.514 e. The number of carbonyl (C=O) groups excluding carboxylic acids is 1. The predicted molar refractivity (Wildman–Crippen MR) is 104 cm³/mol. The number of rotatable bonds is 4. The molecular formula is C20H32N2O5. The molecule has 0 saturated heterocycles. The Kier molecular flexibility index (Phi) is 6.30. The van der Waals surface area contributed by atoms with Crippen molar-refractivity contribution in [2.24, 2.45) is 5.41 Å². The van der Waals surface area contributed by atoms with Crippen molar-refractivity contribution in [1.29, 1.82) is 0 Å². The number of aryl methyl sites for hydroxylation is 2. The van der Waals surface area contributed by atoms with Crippen molar-refractivity contribution >= 4 is 11.8 Å². The normalized spacial score (nSPS) is 12.7. The van der Waals surface area contributed by atoms with E-state index in [-0.39, 0.29) is 22.5 Å². The third kappa shape index (κ3) is 6.19. The first-order valence-corrected chi connectivity index (χ1v) is 9.01. The number of hydrogen-bond acceptors (Lipinski definition) is 6. The van der Waals surface area contributed by atoms with Crippen LogP contribution in [0, 0.1) is 29.4 Å². The number of nitro groups is 1. The Bertz CT molecular complexity index is 740. The molecule has 0 fully saturated rings. The SMILES string of the molecule is Cc1nc(C)c(C(C)(C)CC(C)(C)C)c(OC(=O)OC(C)(C)C)c1[N+](=O)[O-]. The van der Waals surface area contributed by atoms with Crippen LogP contribution >= 0.6 is 0 Å². The van der Waals surface area contributed by atoms with E-state index in [2.05, 4.69) is 25.8 Å². The average Bonchev–Trinajstić information content (AvgIpc) is 2.30. The molecule has 1 heterocycles. The monoisotopic (exact) mass is 380 g/mol. The highest BCUT2D eigenvalue weighted by Gasteiger charge is 2.38. The number of aromatic nitrogens is 1. The molecule has 0 aliphatic heterocycles. The molecule has 1 aromatic rings. The van der Waals surface area contributed by atoms with Crippen LogP contribution in [0.5, 0.6) is 5.75 Å². The molecule has 0 aromatic carbocycles. The van der Waals surface area contributed by atoms with Crippen LogP contribution < -0.4 is 4.74 Å². The van der Waals surface area contributed by atoms with E-state index in [0.717, 1.165) is 0 Å². The smallest absolute Gasteiger partial charge is 0.428 e. The first-order chi connectivity index (χ1) is 11.9. The van der Waals surface area contributed by atoms with Gasteiger partial charge in [0.05, 0.1) is 4.92 Å². The van der Waals surface area contributed by atoms with Gasteiger partial charge in [-0.05, 0) is 51.9 Å². The summed E-state index contributed by atoms with van der Waals surface area (Å²) in [6.07, 6.45) is -0.253. The lowest BCUT2D eigenvalue weighted by Gasteiger charge is -2.34. The van der Waals surface area contributed by atoms with E-state index in [1.807, 2.05) is 13.8 Å². The van der Waals surface area contributed by atoms with Crippen LogP contribution in [-0.2, 0) is 10.2 Å². The van der Waals surface area contributed by atoms with Crippen LogP contribution in [0.2, 0.25) is 0 Å². The third-order valence-electron chi connectivity index (χ3n) is 3.89. The second-order valence-corrected chi connectivity index (χ2v) is 9.78. The maximum absolute atomic E-state index is 12.3. The first-order valence-electron chi connectivity index (χ1n) is 9.01. The highest BCUT2D eigenvalue weighted by molar-refractivity contribution is 5.70. The molecule has 0 atom stereocenters. The molecule has 0 unspecified atom stereocenters.